The van der Waals surface area contributed by atoms with E-state index in [1.54, 1.807) is 6.20 Å². The van der Waals surface area contributed by atoms with E-state index in [-0.39, 0.29) is 5.56 Å². The van der Waals surface area contributed by atoms with E-state index in [0.29, 0.717) is 10.8 Å². The van der Waals surface area contributed by atoms with Crippen LogP contribution in [0.3, 0.4) is 0 Å². The Balaban J connectivity index is 2.14. The average Bonchev–Trinajstić information content (AvgIpc) is 2.27. The molecule has 2 heterocycles. The molecule has 1 atom stereocenters. The highest BCUT2D eigenvalue weighted by molar-refractivity contribution is 7.71. The number of hydrogen-bond donors (Lipinski definition) is 1. The minimum atomic E-state index is -0.139. The molecule has 5 nitrogen and oxygen atoms in total. The number of hydrogen-bond acceptors (Lipinski definition) is 4. The van der Waals surface area contributed by atoms with Crippen molar-refractivity contribution in [3.63, 3.8) is 0 Å². The lowest BCUT2D eigenvalue weighted by molar-refractivity contribution is 0.102. The van der Waals surface area contributed by atoms with Gasteiger partial charge in [0.05, 0.1) is 0 Å². The number of aromatic nitrogens is 2. The van der Waals surface area contributed by atoms with Gasteiger partial charge in [-0.2, -0.15) is 0 Å². The molecule has 0 aromatic carbocycles. The van der Waals surface area contributed by atoms with E-state index < -0.39 is 0 Å². The molecule has 1 N–H and O–H groups in total. The summed E-state index contributed by atoms with van der Waals surface area (Å²) in [5.41, 5.74) is -0.139. The summed E-state index contributed by atoms with van der Waals surface area (Å²) in [5, 5.41) is 0. The summed E-state index contributed by atoms with van der Waals surface area (Å²) in [6, 6.07) is 1.95. The predicted octanol–water partition coefficient (Wildman–Crippen LogP) is 0.152. The SMILES string of the molecule is CN1CCN(C)C(Cn2ccc(=O)[nH]c2=S)C1. The smallest absolute Gasteiger partial charge is 0.251 e. The number of nitrogens with zero attached hydrogens (tertiary/aromatic N) is 3. The first kappa shape index (κ1) is 12.5. The molecular weight excluding hydrogens is 236 g/mol. The molecular formula is C11H18N4OS. The van der Waals surface area contributed by atoms with E-state index in [9.17, 15) is 4.79 Å². The molecule has 17 heavy (non-hydrogen) atoms. The Kier molecular flexibility index (Phi) is 3.76. The predicted molar refractivity (Wildman–Crippen MR) is 69.8 cm³/mol. The third-order valence-corrected chi connectivity index (χ3v) is 3.62. The van der Waals surface area contributed by atoms with Gasteiger partial charge in [-0.1, -0.05) is 0 Å². The van der Waals surface area contributed by atoms with Crippen molar-refractivity contribution < 1.29 is 0 Å². The van der Waals surface area contributed by atoms with Gasteiger partial charge in [0.2, 0.25) is 0 Å². The van der Waals surface area contributed by atoms with E-state index >= 15 is 0 Å². The molecule has 1 fully saturated rings. The van der Waals surface area contributed by atoms with Crippen LogP contribution in [0.1, 0.15) is 0 Å². The lowest BCUT2D eigenvalue weighted by atomic mass is 10.2. The Morgan fingerprint density at radius 2 is 2.24 bits per heavy atom. The maximum Gasteiger partial charge on any atom is 0.251 e. The Morgan fingerprint density at radius 3 is 2.94 bits per heavy atom. The summed E-state index contributed by atoms with van der Waals surface area (Å²) in [7, 11) is 4.26. The van der Waals surface area contributed by atoms with Gasteiger partial charge in [0, 0.05) is 44.5 Å². The van der Waals surface area contributed by atoms with Crippen molar-refractivity contribution in [2.24, 2.45) is 0 Å². The largest absolute Gasteiger partial charge is 0.324 e. The summed E-state index contributed by atoms with van der Waals surface area (Å²) in [6.45, 7) is 4.01. The van der Waals surface area contributed by atoms with E-state index in [1.807, 2.05) is 4.57 Å². The van der Waals surface area contributed by atoms with Crippen LogP contribution in [0.25, 0.3) is 0 Å². The Morgan fingerprint density at radius 1 is 1.47 bits per heavy atom. The maximum atomic E-state index is 11.1. The minimum Gasteiger partial charge on any atom is -0.324 e. The molecule has 6 heteroatoms. The maximum absolute atomic E-state index is 11.1. The molecule has 0 bridgehead atoms. The fourth-order valence-corrected chi connectivity index (χ4v) is 2.35. The fraction of sp³-hybridized carbons (Fsp3) is 0.636. The summed E-state index contributed by atoms with van der Waals surface area (Å²) in [6.07, 6.45) is 1.77. The first-order valence-corrected chi connectivity index (χ1v) is 6.15. The van der Waals surface area contributed by atoms with Crippen LogP contribution in [0.5, 0.6) is 0 Å². The van der Waals surface area contributed by atoms with Crippen LogP contribution in [0.15, 0.2) is 17.1 Å². The lowest BCUT2D eigenvalue weighted by Gasteiger charge is -2.37. The number of nitrogens with one attached hydrogen (secondary N) is 1. The second-order valence-corrected chi connectivity index (χ2v) is 5.05. The topological polar surface area (TPSA) is 44.3 Å². The first-order valence-electron chi connectivity index (χ1n) is 5.75. The van der Waals surface area contributed by atoms with Crippen molar-refractivity contribution in [1.29, 1.82) is 0 Å². The number of piperazine rings is 1. The van der Waals surface area contributed by atoms with Crippen LogP contribution in [0.2, 0.25) is 0 Å². The summed E-state index contributed by atoms with van der Waals surface area (Å²) in [4.78, 5) is 18.4. The van der Waals surface area contributed by atoms with Crippen LogP contribution >= 0.6 is 12.2 Å². The van der Waals surface area contributed by atoms with Crippen LogP contribution in [-0.4, -0.2) is 59.1 Å². The third kappa shape index (κ3) is 3.02. The highest BCUT2D eigenvalue weighted by Crippen LogP contribution is 2.08. The molecule has 2 rings (SSSR count). The second kappa shape index (κ2) is 5.12. The summed E-state index contributed by atoms with van der Waals surface area (Å²) >= 11 is 5.15. The molecule has 94 valence electrons. The monoisotopic (exact) mass is 254 g/mol. The molecule has 1 unspecified atom stereocenters. The normalized spacial score (nSPS) is 22.8. The molecule has 1 aromatic heterocycles. The van der Waals surface area contributed by atoms with E-state index in [4.69, 9.17) is 12.2 Å². The fourth-order valence-electron chi connectivity index (χ4n) is 2.11. The number of likely N-dealkylation sites (N-methyl/N-ethyl adjacent to an activating group) is 2. The van der Waals surface area contributed by atoms with Crippen molar-refractivity contribution in [2.75, 3.05) is 33.7 Å². The van der Waals surface area contributed by atoms with Gasteiger partial charge >= 0.3 is 0 Å². The number of rotatable bonds is 2. The highest BCUT2D eigenvalue weighted by atomic mass is 32.1. The number of aromatic amines is 1. The van der Waals surface area contributed by atoms with E-state index in [0.717, 1.165) is 26.2 Å². The average molecular weight is 254 g/mol. The summed E-state index contributed by atoms with van der Waals surface area (Å²) in [5.74, 6) is 0. The molecule has 0 amide bonds. The Bertz CT molecular complexity index is 495. The molecule has 1 saturated heterocycles. The summed E-state index contributed by atoms with van der Waals surface area (Å²) < 4.78 is 2.43. The zero-order valence-corrected chi connectivity index (χ0v) is 11.0. The van der Waals surface area contributed by atoms with E-state index in [2.05, 4.69) is 28.9 Å². The molecule has 0 saturated carbocycles. The van der Waals surface area contributed by atoms with Crippen molar-refractivity contribution in [3.8, 4) is 0 Å². The molecule has 1 aliphatic rings. The standard InChI is InChI=1S/C11H18N4OS/c1-13-5-6-14(2)9(7-13)8-15-4-3-10(16)12-11(15)17/h3-4,9H,5-8H2,1-2H3,(H,12,16,17). The lowest BCUT2D eigenvalue weighted by Crippen LogP contribution is -2.51. The van der Waals surface area contributed by atoms with Gasteiger partial charge in [0.15, 0.2) is 4.77 Å². The van der Waals surface area contributed by atoms with Crippen molar-refractivity contribution in [1.82, 2.24) is 19.4 Å². The van der Waals surface area contributed by atoms with Crippen LogP contribution in [-0.2, 0) is 6.54 Å². The third-order valence-electron chi connectivity index (χ3n) is 3.28. The molecule has 0 aliphatic carbocycles. The van der Waals surface area contributed by atoms with E-state index in [1.165, 1.54) is 6.07 Å². The van der Waals surface area contributed by atoms with Gasteiger partial charge in [-0.15, -0.1) is 0 Å². The van der Waals surface area contributed by atoms with Gasteiger partial charge in [0.1, 0.15) is 0 Å². The van der Waals surface area contributed by atoms with Gasteiger partial charge in [-0.25, -0.2) is 0 Å². The molecule has 0 spiro atoms. The molecule has 1 aliphatic heterocycles. The van der Waals surface area contributed by atoms with Gasteiger partial charge < -0.3 is 9.47 Å². The first-order chi connectivity index (χ1) is 8.06. The van der Waals surface area contributed by atoms with Crippen molar-refractivity contribution in [3.05, 3.63) is 27.4 Å². The van der Waals surface area contributed by atoms with Crippen molar-refractivity contribution in [2.45, 2.75) is 12.6 Å². The Hall–Kier alpha value is -0.980. The van der Waals surface area contributed by atoms with Gasteiger partial charge in [0.25, 0.3) is 5.56 Å². The van der Waals surface area contributed by atoms with Crippen LogP contribution in [0, 0.1) is 4.77 Å². The Labute approximate surface area is 106 Å². The van der Waals surface area contributed by atoms with Gasteiger partial charge in [-0.05, 0) is 26.3 Å². The molecule has 1 aromatic rings. The zero-order valence-electron chi connectivity index (χ0n) is 10.2. The van der Waals surface area contributed by atoms with Crippen molar-refractivity contribution >= 4 is 12.2 Å². The minimum absolute atomic E-state index is 0.139. The quantitative estimate of drug-likeness (QED) is 0.763. The van der Waals surface area contributed by atoms with Gasteiger partial charge in [-0.3, -0.25) is 14.7 Å². The number of H-pyrrole nitrogens is 1. The van der Waals surface area contributed by atoms with Crippen LogP contribution < -0.4 is 5.56 Å². The zero-order chi connectivity index (χ0) is 12.4. The van der Waals surface area contributed by atoms with Crippen LogP contribution in [0.4, 0.5) is 0 Å². The highest BCUT2D eigenvalue weighted by Gasteiger charge is 2.22. The second-order valence-electron chi connectivity index (χ2n) is 4.66. The molecule has 0 radical (unpaired) electrons.